The third-order valence-electron chi connectivity index (χ3n) is 5.10. The largest absolute Gasteiger partial charge is 0.497 e. The van der Waals surface area contributed by atoms with E-state index >= 15 is 0 Å². The molecular formula is C26H30N2O4S. The zero-order chi connectivity index (χ0) is 23.6. The fourth-order valence-corrected chi connectivity index (χ4v) is 3.62. The van der Waals surface area contributed by atoms with Gasteiger partial charge in [-0.3, -0.25) is 0 Å². The molecule has 0 atom stereocenters. The summed E-state index contributed by atoms with van der Waals surface area (Å²) in [5.74, 6) is 3.03. The summed E-state index contributed by atoms with van der Waals surface area (Å²) in [6, 6.07) is 21.6. The highest BCUT2D eigenvalue weighted by Crippen LogP contribution is 2.30. The van der Waals surface area contributed by atoms with Gasteiger partial charge in [-0.05, 0) is 55.0 Å². The molecule has 174 valence electrons. The maximum absolute atomic E-state index is 5.84. The normalized spacial score (nSPS) is 10.3. The number of para-hydroxylation sites is 1. The van der Waals surface area contributed by atoms with Gasteiger partial charge < -0.3 is 29.2 Å². The first-order valence-corrected chi connectivity index (χ1v) is 11.1. The Morgan fingerprint density at radius 1 is 0.818 bits per heavy atom. The monoisotopic (exact) mass is 466 g/mol. The Morgan fingerprint density at radius 3 is 2.18 bits per heavy atom. The van der Waals surface area contributed by atoms with Crippen LogP contribution in [-0.4, -0.2) is 37.9 Å². The van der Waals surface area contributed by atoms with Gasteiger partial charge in [-0.1, -0.05) is 30.3 Å². The molecule has 0 aliphatic rings. The maximum atomic E-state index is 5.84. The number of methoxy groups -OCH3 is 3. The summed E-state index contributed by atoms with van der Waals surface area (Å²) in [6.07, 6.45) is 0. The van der Waals surface area contributed by atoms with Crippen molar-refractivity contribution in [2.45, 2.75) is 20.0 Å². The fraction of sp³-hybridized carbons (Fsp3) is 0.269. The summed E-state index contributed by atoms with van der Waals surface area (Å²) in [6.45, 7) is 3.76. The molecule has 0 saturated carbocycles. The van der Waals surface area contributed by atoms with Crippen molar-refractivity contribution < 1.29 is 18.9 Å². The first-order chi connectivity index (χ1) is 16.1. The molecule has 6 nitrogen and oxygen atoms in total. The average molecular weight is 467 g/mol. The van der Waals surface area contributed by atoms with Crippen molar-refractivity contribution in [3.8, 4) is 23.0 Å². The molecule has 0 aliphatic carbocycles. The van der Waals surface area contributed by atoms with Crippen molar-refractivity contribution in [2.75, 3.05) is 33.3 Å². The summed E-state index contributed by atoms with van der Waals surface area (Å²) in [5, 5.41) is 3.91. The Labute approximate surface area is 201 Å². The Kier molecular flexibility index (Phi) is 8.78. The van der Waals surface area contributed by atoms with Gasteiger partial charge in [0.15, 0.2) is 5.11 Å². The summed E-state index contributed by atoms with van der Waals surface area (Å²) in [5.41, 5.74) is 2.93. The molecule has 3 aromatic carbocycles. The van der Waals surface area contributed by atoms with E-state index in [1.54, 1.807) is 21.3 Å². The van der Waals surface area contributed by atoms with Crippen molar-refractivity contribution in [1.29, 1.82) is 0 Å². The molecule has 3 rings (SSSR count). The Bertz CT molecular complexity index is 1060. The lowest BCUT2D eigenvalue weighted by Crippen LogP contribution is -2.34. The van der Waals surface area contributed by atoms with Crippen molar-refractivity contribution in [3.05, 3.63) is 77.9 Å². The average Bonchev–Trinajstić information content (AvgIpc) is 2.85. The van der Waals surface area contributed by atoms with Gasteiger partial charge in [0, 0.05) is 24.7 Å². The molecule has 0 spiro atoms. The van der Waals surface area contributed by atoms with E-state index in [0.29, 0.717) is 36.3 Å². The van der Waals surface area contributed by atoms with Gasteiger partial charge in [0.1, 0.15) is 23.0 Å². The Morgan fingerprint density at radius 2 is 1.52 bits per heavy atom. The first kappa shape index (κ1) is 24.2. The molecule has 3 aromatic rings. The van der Waals surface area contributed by atoms with Gasteiger partial charge in [-0.25, -0.2) is 0 Å². The van der Waals surface area contributed by atoms with E-state index in [9.17, 15) is 0 Å². The van der Waals surface area contributed by atoms with Crippen molar-refractivity contribution in [2.24, 2.45) is 0 Å². The van der Waals surface area contributed by atoms with E-state index in [1.165, 1.54) is 0 Å². The van der Waals surface area contributed by atoms with E-state index in [2.05, 4.69) is 16.3 Å². The van der Waals surface area contributed by atoms with Crippen LogP contribution in [0.2, 0.25) is 0 Å². The molecule has 1 N–H and O–H groups in total. The van der Waals surface area contributed by atoms with Crippen LogP contribution in [0.5, 0.6) is 23.0 Å². The highest BCUT2D eigenvalue weighted by atomic mass is 32.1. The standard InChI is InChI=1S/C26H30N2O4S/c1-5-32-24-9-7-6-8-20(24)18-28(17-19-10-12-21(29-2)13-11-19)26(33)27-23-15-14-22(30-3)16-25(23)31-4/h6-16H,5,17-18H2,1-4H3,(H,27,33). The second-order valence-corrected chi connectivity index (χ2v) is 7.63. The zero-order valence-corrected chi connectivity index (χ0v) is 20.3. The van der Waals surface area contributed by atoms with Crippen LogP contribution >= 0.6 is 12.2 Å². The number of nitrogens with one attached hydrogen (secondary N) is 1. The predicted molar refractivity (Wildman–Crippen MR) is 136 cm³/mol. The molecule has 0 radical (unpaired) electrons. The van der Waals surface area contributed by atoms with Crippen LogP contribution < -0.4 is 24.3 Å². The minimum Gasteiger partial charge on any atom is -0.497 e. The number of hydrogen-bond acceptors (Lipinski definition) is 5. The molecule has 0 heterocycles. The number of anilines is 1. The lowest BCUT2D eigenvalue weighted by atomic mass is 10.1. The fourth-order valence-electron chi connectivity index (χ4n) is 3.38. The second kappa shape index (κ2) is 12.0. The van der Waals surface area contributed by atoms with Gasteiger partial charge in [-0.2, -0.15) is 0 Å². The third kappa shape index (κ3) is 6.52. The number of ether oxygens (including phenoxy) is 4. The van der Waals surface area contributed by atoms with Crippen LogP contribution in [0.15, 0.2) is 66.7 Å². The third-order valence-corrected chi connectivity index (χ3v) is 5.46. The van der Waals surface area contributed by atoms with E-state index in [4.69, 9.17) is 31.2 Å². The lowest BCUT2D eigenvalue weighted by Gasteiger charge is -2.27. The highest BCUT2D eigenvalue weighted by Gasteiger charge is 2.16. The van der Waals surface area contributed by atoms with Crippen molar-refractivity contribution in [3.63, 3.8) is 0 Å². The second-order valence-electron chi connectivity index (χ2n) is 7.24. The summed E-state index contributed by atoms with van der Waals surface area (Å²) in [7, 11) is 4.91. The number of rotatable bonds is 10. The Hall–Kier alpha value is -3.45. The van der Waals surface area contributed by atoms with E-state index in [0.717, 1.165) is 28.3 Å². The van der Waals surface area contributed by atoms with Crippen LogP contribution in [-0.2, 0) is 13.1 Å². The van der Waals surface area contributed by atoms with Crippen LogP contribution in [0, 0.1) is 0 Å². The van der Waals surface area contributed by atoms with Gasteiger partial charge in [0.05, 0.1) is 33.6 Å². The van der Waals surface area contributed by atoms with Gasteiger partial charge in [0.2, 0.25) is 0 Å². The summed E-state index contributed by atoms with van der Waals surface area (Å²) < 4.78 is 22.0. The van der Waals surface area contributed by atoms with E-state index in [1.807, 2.05) is 67.6 Å². The summed E-state index contributed by atoms with van der Waals surface area (Å²) in [4.78, 5) is 2.10. The molecule has 0 aromatic heterocycles. The molecular weight excluding hydrogens is 436 g/mol. The Balaban J connectivity index is 1.88. The molecule has 0 aliphatic heterocycles. The van der Waals surface area contributed by atoms with Crippen molar-refractivity contribution >= 4 is 23.0 Å². The minimum absolute atomic E-state index is 0.570. The number of hydrogen-bond donors (Lipinski definition) is 1. The topological polar surface area (TPSA) is 52.2 Å². The molecule has 0 bridgehead atoms. The van der Waals surface area contributed by atoms with Gasteiger partial charge in [-0.15, -0.1) is 0 Å². The van der Waals surface area contributed by atoms with Gasteiger partial charge >= 0.3 is 0 Å². The predicted octanol–water partition coefficient (Wildman–Crippen LogP) is 5.51. The number of thiocarbonyl (C=S) groups is 1. The van der Waals surface area contributed by atoms with Crippen molar-refractivity contribution in [1.82, 2.24) is 4.90 Å². The molecule has 33 heavy (non-hydrogen) atoms. The lowest BCUT2D eigenvalue weighted by molar-refractivity contribution is 0.327. The highest BCUT2D eigenvalue weighted by molar-refractivity contribution is 7.80. The summed E-state index contributed by atoms with van der Waals surface area (Å²) >= 11 is 5.84. The molecule has 0 amide bonds. The zero-order valence-electron chi connectivity index (χ0n) is 19.5. The molecule has 7 heteroatoms. The quantitative estimate of drug-likeness (QED) is 0.395. The number of nitrogens with zero attached hydrogens (tertiary/aromatic N) is 1. The molecule has 0 saturated heterocycles. The first-order valence-electron chi connectivity index (χ1n) is 10.7. The van der Waals surface area contributed by atoms with E-state index in [-0.39, 0.29) is 0 Å². The number of benzene rings is 3. The maximum Gasteiger partial charge on any atom is 0.174 e. The van der Waals surface area contributed by atoms with E-state index < -0.39 is 0 Å². The minimum atomic E-state index is 0.570. The van der Waals surface area contributed by atoms with Gasteiger partial charge in [0.25, 0.3) is 0 Å². The SMILES string of the molecule is CCOc1ccccc1CN(Cc1ccc(OC)cc1)C(=S)Nc1ccc(OC)cc1OC. The van der Waals surface area contributed by atoms with Crippen LogP contribution in [0.3, 0.4) is 0 Å². The smallest absolute Gasteiger partial charge is 0.174 e. The molecule has 0 unspecified atom stereocenters. The molecule has 0 fully saturated rings. The van der Waals surface area contributed by atoms with Crippen LogP contribution in [0.1, 0.15) is 18.1 Å². The van der Waals surface area contributed by atoms with Crippen LogP contribution in [0.25, 0.3) is 0 Å². The van der Waals surface area contributed by atoms with Crippen LogP contribution in [0.4, 0.5) is 5.69 Å².